The van der Waals surface area contributed by atoms with Crippen molar-refractivity contribution in [1.82, 2.24) is 5.32 Å². The first-order valence-corrected chi connectivity index (χ1v) is 13.9. The second-order valence-electron chi connectivity index (χ2n) is 8.86. The van der Waals surface area contributed by atoms with Crippen molar-refractivity contribution in [2.24, 2.45) is 0 Å². The summed E-state index contributed by atoms with van der Waals surface area (Å²) < 4.78 is 5.42. The van der Waals surface area contributed by atoms with Crippen molar-refractivity contribution >= 4 is 58.5 Å². The number of rotatable bonds is 10. The second-order valence-corrected chi connectivity index (χ2v) is 10.7. The summed E-state index contributed by atoms with van der Waals surface area (Å²) in [5.74, 6) is -0.559. The molecule has 1 atom stereocenters. The Morgan fingerprint density at radius 1 is 0.829 bits per heavy atom. The SMILES string of the molecule is COc1ccccc1/C=C(/NC(=O)c1ccccc1)C(=O)Nc1cccc(SC(C)C(=O)Nc2ccc(Cl)cc2)c1. The highest BCUT2D eigenvalue weighted by molar-refractivity contribution is 8.00. The first kappa shape index (κ1) is 29.5. The van der Waals surface area contributed by atoms with Crippen LogP contribution in [0.1, 0.15) is 22.8 Å². The Bertz CT molecular complexity index is 1560. The lowest BCUT2D eigenvalue weighted by atomic mass is 10.1. The van der Waals surface area contributed by atoms with E-state index in [0.29, 0.717) is 33.3 Å². The van der Waals surface area contributed by atoms with Crippen molar-refractivity contribution in [3.63, 3.8) is 0 Å². The molecule has 4 aromatic carbocycles. The predicted octanol–water partition coefficient (Wildman–Crippen LogP) is 6.88. The number of hydrogen-bond acceptors (Lipinski definition) is 5. The Hall–Kier alpha value is -4.53. The molecule has 0 radical (unpaired) electrons. The van der Waals surface area contributed by atoms with Gasteiger partial charge in [-0.1, -0.05) is 54.1 Å². The summed E-state index contributed by atoms with van der Waals surface area (Å²) in [6.45, 7) is 1.80. The number of methoxy groups -OCH3 is 1. The summed E-state index contributed by atoms with van der Waals surface area (Å²) in [4.78, 5) is 39.9. The minimum absolute atomic E-state index is 0.0390. The van der Waals surface area contributed by atoms with E-state index in [1.807, 2.05) is 24.3 Å². The van der Waals surface area contributed by atoms with E-state index in [4.69, 9.17) is 16.3 Å². The van der Waals surface area contributed by atoms with Gasteiger partial charge in [-0.3, -0.25) is 14.4 Å². The molecule has 0 fully saturated rings. The Morgan fingerprint density at radius 2 is 1.54 bits per heavy atom. The van der Waals surface area contributed by atoms with Gasteiger partial charge in [-0.2, -0.15) is 0 Å². The molecule has 0 aliphatic heterocycles. The first-order valence-electron chi connectivity index (χ1n) is 12.7. The lowest BCUT2D eigenvalue weighted by molar-refractivity contribution is -0.115. The fraction of sp³-hybridized carbons (Fsp3) is 0.0938. The first-order chi connectivity index (χ1) is 19.8. The quantitative estimate of drug-likeness (QED) is 0.139. The number of amides is 3. The standard InChI is InChI=1S/C32H28ClN3O4S/c1-21(30(37)34-25-17-15-24(33)16-18-25)41-27-13-8-12-26(20-27)35-32(39)28(19-23-11-6-7-14-29(23)40-2)36-31(38)22-9-4-3-5-10-22/h3-21H,1-2H3,(H,34,37)(H,35,39)(H,36,38)/b28-19+. The summed E-state index contributed by atoms with van der Waals surface area (Å²) in [6.07, 6.45) is 1.57. The van der Waals surface area contributed by atoms with Crippen molar-refractivity contribution in [3.05, 3.63) is 125 Å². The summed E-state index contributed by atoms with van der Waals surface area (Å²) in [7, 11) is 1.54. The van der Waals surface area contributed by atoms with Crippen LogP contribution in [0, 0.1) is 0 Å². The van der Waals surface area contributed by atoms with E-state index >= 15 is 0 Å². The molecule has 0 aromatic heterocycles. The number of halogens is 1. The van der Waals surface area contributed by atoms with Crippen LogP contribution in [-0.4, -0.2) is 30.1 Å². The number of carbonyl (C=O) groups is 3. The van der Waals surface area contributed by atoms with Crippen molar-refractivity contribution in [2.45, 2.75) is 17.1 Å². The zero-order chi connectivity index (χ0) is 29.2. The van der Waals surface area contributed by atoms with Gasteiger partial charge in [0.05, 0.1) is 12.4 Å². The van der Waals surface area contributed by atoms with Crippen LogP contribution in [0.5, 0.6) is 5.75 Å². The molecule has 0 aliphatic carbocycles. The summed E-state index contributed by atoms with van der Waals surface area (Å²) in [5, 5.41) is 8.63. The van der Waals surface area contributed by atoms with E-state index in [9.17, 15) is 14.4 Å². The molecular formula is C32H28ClN3O4S. The van der Waals surface area contributed by atoms with Crippen LogP contribution in [0.2, 0.25) is 5.02 Å². The highest BCUT2D eigenvalue weighted by atomic mass is 35.5. The number of para-hydroxylation sites is 1. The topological polar surface area (TPSA) is 96.5 Å². The predicted molar refractivity (Wildman–Crippen MR) is 165 cm³/mol. The Morgan fingerprint density at radius 3 is 2.27 bits per heavy atom. The average molecular weight is 586 g/mol. The maximum absolute atomic E-state index is 13.4. The zero-order valence-corrected chi connectivity index (χ0v) is 24.0. The molecule has 0 aliphatic rings. The number of nitrogens with one attached hydrogen (secondary N) is 3. The molecule has 208 valence electrons. The normalized spacial score (nSPS) is 11.7. The molecule has 9 heteroatoms. The van der Waals surface area contributed by atoms with Crippen molar-refractivity contribution in [1.29, 1.82) is 0 Å². The number of hydrogen-bond donors (Lipinski definition) is 3. The van der Waals surface area contributed by atoms with Gasteiger partial charge in [-0.25, -0.2) is 0 Å². The summed E-state index contributed by atoms with van der Waals surface area (Å²) in [6, 6.07) is 29.9. The van der Waals surface area contributed by atoms with Gasteiger partial charge >= 0.3 is 0 Å². The van der Waals surface area contributed by atoms with Crippen molar-refractivity contribution in [2.75, 3.05) is 17.7 Å². The van der Waals surface area contributed by atoms with Gasteiger partial charge in [0.1, 0.15) is 11.4 Å². The van der Waals surface area contributed by atoms with E-state index in [1.165, 1.54) is 18.9 Å². The van der Waals surface area contributed by atoms with Crippen molar-refractivity contribution in [3.8, 4) is 5.75 Å². The number of thioether (sulfide) groups is 1. The average Bonchev–Trinajstić information content (AvgIpc) is 2.98. The molecule has 0 bridgehead atoms. The van der Waals surface area contributed by atoms with Crippen LogP contribution in [0.15, 0.2) is 114 Å². The van der Waals surface area contributed by atoms with Gasteiger partial charge in [-0.15, -0.1) is 11.8 Å². The van der Waals surface area contributed by atoms with Crippen LogP contribution in [0.4, 0.5) is 11.4 Å². The minimum atomic E-state index is -0.518. The third kappa shape index (κ3) is 8.48. The second kappa shape index (κ2) is 14.2. The van der Waals surface area contributed by atoms with Crippen LogP contribution >= 0.6 is 23.4 Å². The van der Waals surface area contributed by atoms with Gasteiger partial charge in [0.2, 0.25) is 5.91 Å². The number of carbonyl (C=O) groups excluding carboxylic acids is 3. The molecule has 1 unspecified atom stereocenters. The smallest absolute Gasteiger partial charge is 0.272 e. The van der Waals surface area contributed by atoms with E-state index in [0.717, 1.165) is 4.90 Å². The van der Waals surface area contributed by atoms with Gasteiger partial charge in [0.15, 0.2) is 0 Å². The molecular weight excluding hydrogens is 558 g/mol. The number of benzene rings is 4. The fourth-order valence-electron chi connectivity index (χ4n) is 3.76. The molecule has 0 saturated heterocycles. The Labute approximate surface area is 248 Å². The van der Waals surface area contributed by atoms with Crippen LogP contribution < -0.4 is 20.7 Å². The van der Waals surface area contributed by atoms with Gasteiger partial charge in [0.25, 0.3) is 11.8 Å². The zero-order valence-electron chi connectivity index (χ0n) is 22.4. The molecule has 4 aromatic rings. The highest BCUT2D eigenvalue weighted by Gasteiger charge is 2.18. The maximum Gasteiger partial charge on any atom is 0.272 e. The highest BCUT2D eigenvalue weighted by Crippen LogP contribution is 2.27. The molecule has 3 N–H and O–H groups in total. The number of ether oxygens (including phenoxy) is 1. The molecule has 7 nitrogen and oxygen atoms in total. The molecule has 41 heavy (non-hydrogen) atoms. The van der Waals surface area contributed by atoms with Gasteiger partial charge in [0, 0.05) is 32.4 Å². The Kier molecular flexibility index (Phi) is 10.2. The lowest BCUT2D eigenvalue weighted by Crippen LogP contribution is -2.30. The Balaban J connectivity index is 1.50. The van der Waals surface area contributed by atoms with E-state index in [-0.39, 0.29) is 11.6 Å². The minimum Gasteiger partial charge on any atom is -0.496 e. The van der Waals surface area contributed by atoms with Crippen LogP contribution in [-0.2, 0) is 9.59 Å². The fourth-order valence-corrected chi connectivity index (χ4v) is 4.82. The van der Waals surface area contributed by atoms with E-state index < -0.39 is 17.1 Å². The van der Waals surface area contributed by atoms with E-state index in [1.54, 1.807) is 91.9 Å². The van der Waals surface area contributed by atoms with Gasteiger partial charge in [-0.05, 0) is 73.7 Å². The third-order valence-electron chi connectivity index (χ3n) is 5.85. The monoisotopic (exact) mass is 585 g/mol. The van der Waals surface area contributed by atoms with Gasteiger partial charge < -0.3 is 20.7 Å². The van der Waals surface area contributed by atoms with Crippen LogP contribution in [0.3, 0.4) is 0 Å². The summed E-state index contributed by atoms with van der Waals surface area (Å²) >= 11 is 7.27. The van der Waals surface area contributed by atoms with Crippen molar-refractivity contribution < 1.29 is 19.1 Å². The molecule has 3 amide bonds. The maximum atomic E-state index is 13.4. The molecule has 0 saturated carbocycles. The molecule has 0 heterocycles. The largest absolute Gasteiger partial charge is 0.496 e. The number of anilines is 2. The van der Waals surface area contributed by atoms with E-state index in [2.05, 4.69) is 16.0 Å². The molecule has 4 rings (SSSR count). The summed E-state index contributed by atoms with van der Waals surface area (Å²) in [5.41, 5.74) is 2.23. The lowest BCUT2D eigenvalue weighted by Gasteiger charge is -2.14. The van der Waals surface area contributed by atoms with Crippen LogP contribution in [0.25, 0.3) is 6.08 Å². The third-order valence-corrected chi connectivity index (χ3v) is 7.20. The molecule has 0 spiro atoms.